The Bertz CT molecular complexity index is 1040. The fourth-order valence-electron chi connectivity index (χ4n) is 2.76. The molecule has 0 aliphatic rings. The van der Waals surface area contributed by atoms with Gasteiger partial charge in [-0.15, -0.1) is 0 Å². The van der Waals surface area contributed by atoms with E-state index in [-0.39, 0.29) is 22.4 Å². The lowest BCUT2D eigenvalue weighted by Gasteiger charge is -2.16. The second-order valence-electron chi connectivity index (χ2n) is 5.62. The van der Waals surface area contributed by atoms with Crippen LogP contribution in [0.2, 0.25) is 0 Å². The van der Waals surface area contributed by atoms with Gasteiger partial charge in [0.15, 0.2) is 0 Å². The Balaban J connectivity index is 2.15. The van der Waals surface area contributed by atoms with Gasteiger partial charge < -0.3 is 15.3 Å². The Morgan fingerprint density at radius 2 is 2.00 bits per heavy atom. The zero-order chi connectivity index (χ0) is 18.1. The zero-order valence-electron chi connectivity index (χ0n) is 13.7. The third-order valence-electron chi connectivity index (χ3n) is 4.09. The van der Waals surface area contributed by atoms with Crippen LogP contribution in [0, 0.1) is 22.9 Å². The topological polar surface area (TPSA) is 80.1 Å². The van der Waals surface area contributed by atoms with Crippen LogP contribution in [0.3, 0.4) is 0 Å². The van der Waals surface area contributed by atoms with E-state index in [4.69, 9.17) is 0 Å². The molecule has 0 spiro atoms. The second kappa shape index (κ2) is 6.35. The van der Waals surface area contributed by atoms with E-state index in [1.807, 2.05) is 19.1 Å². The van der Waals surface area contributed by atoms with E-state index < -0.39 is 11.7 Å². The summed E-state index contributed by atoms with van der Waals surface area (Å²) >= 11 is 0. The average Bonchev–Trinajstić information content (AvgIpc) is 2.60. The van der Waals surface area contributed by atoms with E-state index in [2.05, 4.69) is 5.32 Å². The number of benzene rings is 2. The number of halogens is 1. The molecule has 25 heavy (non-hydrogen) atoms. The van der Waals surface area contributed by atoms with E-state index in [1.165, 1.54) is 13.0 Å². The van der Waals surface area contributed by atoms with Gasteiger partial charge in [0.25, 0.3) is 5.52 Å². The molecule has 0 aliphatic heterocycles. The van der Waals surface area contributed by atoms with Gasteiger partial charge in [-0.3, -0.25) is 4.79 Å². The number of nitrogens with zero attached hydrogens (tertiary/aromatic N) is 2. The summed E-state index contributed by atoms with van der Waals surface area (Å²) < 4.78 is 14.2. The maximum absolute atomic E-state index is 13.5. The lowest BCUT2D eigenvalue weighted by molar-refractivity contribution is -0.468. The van der Waals surface area contributed by atoms with E-state index in [0.717, 1.165) is 17.7 Å². The molecule has 2 aromatic carbocycles. The van der Waals surface area contributed by atoms with Gasteiger partial charge in [-0.2, -0.15) is 0 Å². The van der Waals surface area contributed by atoms with E-state index >= 15 is 0 Å². The number of rotatable bonds is 3. The summed E-state index contributed by atoms with van der Waals surface area (Å²) in [7, 11) is 0. The molecule has 0 atom stereocenters. The number of nitrogens with one attached hydrogen (secondary N) is 1. The predicted molar refractivity (Wildman–Crippen MR) is 92.5 cm³/mol. The molecule has 0 saturated heterocycles. The average molecular weight is 341 g/mol. The minimum absolute atomic E-state index is 0.000548. The number of hydrogen-bond acceptors (Lipinski definition) is 3. The predicted octanol–water partition coefficient (Wildman–Crippen LogP) is 3.16. The minimum Gasteiger partial charge on any atom is -0.805 e. The lowest BCUT2D eigenvalue weighted by atomic mass is 10.1. The van der Waals surface area contributed by atoms with Crippen LogP contribution in [0.25, 0.3) is 11.0 Å². The molecule has 1 amide bonds. The zero-order valence-corrected chi connectivity index (χ0v) is 13.7. The molecule has 0 fully saturated rings. The van der Waals surface area contributed by atoms with Gasteiger partial charge in [-0.25, -0.2) is 4.39 Å². The molecule has 1 heterocycles. The van der Waals surface area contributed by atoms with E-state index in [9.17, 15) is 19.3 Å². The van der Waals surface area contributed by atoms with Crippen molar-refractivity contribution < 1.29 is 13.6 Å². The molecule has 1 N–H and O–H groups in total. The molecule has 0 bridgehead atoms. The second-order valence-corrected chi connectivity index (χ2v) is 5.62. The summed E-state index contributed by atoms with van der Waals surface area (Å²) in [5, 5.41) is 15.0. The number of aromatic nitrogens is 2. The number of para-hydroxylation sites is 1. The Labute approximate surface area is 142 Å². The number of fused-ring (bicyclic) bond motifs is 1. The van der Waals surface area contributed by atoms with Crippen molar-refractivity contribution in [1.29, 1.82) is 0 Å². The highest BCUT2D eigenvalue weighted by atomic mass is 19.1. The van der Waals surface area contributed by atoms with Crippen LogP contribution in [0.5, 0.6) is 0 Å². The van der Waals surface area contributed by atoms with Crippen molar-refractivity contribution >= 4 is 22.6 Å². The van der Waals surface area contributed by atoms with Gasteiger partial charge in [0.2, 0.25) is 0 Å². The summed E-state index contributed by atoms with van der Waals surface area (Å²) in [5.74, 6) is -1.38. The van der Waals surface area contributed by atoms with Crippen LogP contribution < -0.4 is 9.74 Å². The van der Waals surface area contributed by atoms with Crippen LogP contribution >= 0.6 is 0 Å². The number of amides is 1. The molecule has 6 nitrogen and oxygen atoms in total. The SMILES string of the molecule is CCc1ccccc1NC(=O)c1c(C)n([O-])c2ccc(F)cc2[n+]1=O. The summed E-state index contributed by atoms with van der Waals surface area (Å²) in [6.45, 7) is 3.32. The Morgan fingerprint density at radius 3 is 2.72 bits per heavy atom. The van der Waals surface area contributed by atoms with Crippen molar-refractivity contribution in [3.05, 3.63) is 75.3 Å². The van der Waals surface area contributed by atoms with Crippen LogP contribution in [-0.4, -0.2) is 10.6 Å². The first-order valence-electron chi connectivity index (χ1n) is 7.78. The van der Waals surface area contributed by atoms with E-state index in [0.29, 0.717) is 21.3 Å². The maximum Gasteiger partial charge on any atom is 0.346 e. The van der Waals surface area contributed by atoms with Crippen LogP contribution in [0.15, 0.2) is 42.5 Å². The summed E-state index contributed by atoms with van der Waals surface area (Å²) in [5.41, 5.74) is 0.840. The molecule has 0 radical (unpaired) electrons. The Hall–Kier alpha value is -3.22. The van der Waals surface area contributed by atoms with Gasteiger partial charge in [0.05, 0.1) is 16.2 Å². The number of carbonyl (C=O) groups excluding carboxylic acids is 1. The van der Waals surface area contributed by atoms with Crippen molar-refractivity contribution in [2.75, 3.05) is 5.32 Å². The highest BCUT2D eigenvalue weighted by Crippen LogP contribution is 2.19. The van der Waals surface area contributed by atoms with Gasteiger partial charge >= 0.3 is 11.6 Å². The van der Waals surface area contributed by atoms with Crippen molar-refractivity contribution in [2.45, 2.75) is 20.3 Å². The van der Waals surface area contributed by atoms with Crippen LogP contribution in [0.4, 0.5) is 10.1 Å². The van der Waals surface area contributed by atoms with Gasteiger partial charge in [0.1, 0.15) is 11.3 Å². The molecule has 0 unspecified atom stereocenters. The summed E-state index contributed by atoms with van der Waals surface area (Å²) in [6.07, 6.45) is 0.692. The highest BCUT2D eigenvalue weighted by molar-refractivity contribution is 6.03. The maximum atomic E-state index is 13.5. The van der Waals surface area contributed by atoms with Crippen molar-refractivity contribution in [1.82, 2.24) is 4.73 Å². The summed E-state index contributed by atoms with van der Waals surface area (Å²) in [4.78, 5) is 25.2. The van der Waals surface area contributed by atoms with Gasteiger partial charge in [0, 0.05) is 10.6 Å². The van der Waals surface area contributed by atoms with Crippen molar-refractivity contribution in [3.63, 3.8) is 0 Å². The number of aryl methyl sites for hydroxylation is 1. The van der Waals surface area contributed by atoms with Gasteiger partial charge in [-0.1, -0.05) is 25.1 Å². The molecular weight excluding hydrogens is 325 g/mol. The molecule has 3 rings (SSSR count). The molecule has 1 aromatic heterocycles. The first kappa shape index (κ1) is 16.6. The lowest BCUT2D eigenvalue weighted by Crippen LogP contribution is -2.33. The quantitative estimate of drug-likeness (QED) is 0.743. The molecule has 0 saturated carbocycles. The third kappa shape index (κ3) is 2.84. The van der Waals surface area contributed by atoms with Gasteiger partial charge in [-0.05, 0) is 37.1 Å². The standard InChI is InChI=1S/C18H16FN3O3/c1-3-12-6-4-5-7-14(12)20-18(23)17-11(2)21(24)15-9-8-13(19)10-16(15)22(17)25/h4-10H,3H2,1-2H3,(H,20,23). The Morgan fingerprint density at radius 1 is 1.28 bits per heavy atom. The molecule has 0 aliphatic carbocycles. The fraction of sp³-hybridized carbons (Fsp3) is 0.167. The normalized spacial score (nSPS) is 10.8. The summed E-state index contributed by atoms with van der Waals surface area (Å²) in [6, 6.07) is 10.4. The fourth-order valence-corrected chi connectivity index (χ4v) is 2.76. The number of hydrogen-bond donors (Lipinski definition) is 1. The van der Waals surface area contributed by atoms with Crippen molar-refractivity contribution in [2.24, 2.45) is 0 Å². The number of anilines is 1. The first-order chi connectivity index (χ1) is 11.9. The molecule has 128 valence electrons. The highest BCUT2D eigenvalue weighted by Gasteiger charge is 2.27. The molecule has 7 heteroatoms. The van der Waals surface area contributed by atoms with Crippen LogP contribution in [0.1, 0.15) is 28.7 Å². The number of carbonyl (C=O) groups is 1. The minimum atomic E-state index is -0.718. The molecule has 3 aromatic rings. The molecular formula is C18H16FN3O3. The largest absolute Gasteiger partial charge is 0.805 e. The third-order valence-corrected chi connectivity index (χ3v) is 4.09. The smallest absolute Gasteiger partial charge is 0.346 e. The monoisotopic (exact) mass is 341 g/mol. The van der Waals surface area contributed by atoms with E-state index in [1.54, 1.807) is 12.1 Å². The Kier molecular flexibility index (Phi) is 4.22. The first-order valence-corrected chi connectivity index (χ1v) is 7.78. The van der Waals surface area contributed by atoms with Crippen molar-refractivity contribution in [3.8, 4) is 0 Å². The van der Waals surface area contributed by atoms with Crippen LogP contribution in [-0.2, 0) is 6.42 Å².